The Morgan fingerprint density at radius 2 is 2.24 bits per heavy atom. The molecular weight excluding hydrogens is 338 g/mol. The number of amides is 1. The molecule has 1 aliphatic heterocycles. The molecule has 3 heterocycles. The van der Waals surface area contributed by atoms with E-state index in [0.717, 1.165) is 35.7 Å². The van der Waals surface area contributed by atoms with Crippen molar-refractivity contribution < 1.29 is 14.3 Å². The molecule has 6 nitrogen and oxygen atoms in total. The number of ether oxygens (including phenoxy) is 2. The molecule has 0 aliphatic carbocycles. The van der Waals surface area contributed by atoms with Gasteiger partial charge in [0.25, 0.3) is 0 Å². The first-order valence-corrected chi connectivity index (χ1v) is 9.50. The summed E-state index contributed by atoms with van der Waals surface area (Å²) in [5, 5.41) is 5.87. The molecule has 25 heavy (non-hydrogen) atoms. The lowest BCUT2D eigenvalue weighted by atomic mass is 10.1. The second-order valence-electron chi connectivity index (χ2n) is 5.98. The Hall–Kier alpha value is -1.83. The molecule has 7 heteroatoms. The summed E-state index contributed by atoms with van der Waals surface area (Å²) in [5.74, 6) is -0.0969. The van der Waals surface area contributed by atoms with Crippen molar-refractivity contribution in [1.82, 2.24) is 15.3 Å². The second kappa shape index (κ2) is 9.60. The molecule has 2 aromatic heterocycles. The minimum absolute atomic E-state index is 0.0825. The summed E-state index contributed by atoms with van der Waals surface area (Å²) in [6.07, 6.45) is 7.68. The number of hydrogen-bond acceptors (Lipinski definition) is 6. The Morgan fingerprint density at radius 1 is 1.36 bits per heavy atom. The lowest BCUT2D eigenvalue weighted by Gasteiger charge is -2.22. The highest BCUT2D eigenvalue weighted by Crippen LogP contribution is 2.22. The van der Waals surface area contributed by atoms with Crippen LogP contribution in [-0.4, -0.2) is 48.3 Å². The number of carbonyl (C=O) groups excluding carboxylic acids is 1. The lowest BCUT2D eigenvalue weighted by Crippen LogP contribution is -2.32. The van der Waals surface area contributed by atoms with Gasteiger partial charge >= 0.3 is 0 Å². The summed E-state index contributed by atoms with van der Waals surface area (Å²) in [4.78, 5) is 20.4. The zero-order valence-electron chi connectivity index (χ0n) is 14.1. The van der Waals surface area contributed by atoms with Gasteiger partial charge in [-0.15, -0.1) is 11.3 Å². The van der Waals surface area contributed by atoms with Crippen LogP contribution in [0.1, 0.15) is 25.0 Å². The molecule has 0 radical (unpaired) electrons. The first kappa shape index (κ1) is 18.0. The third-order valence-corrected chi connectivity index (χ3v) is 4.93. The first-order chi connectivity index (χ1) is 12.3. The van der Waals surface area contributed by atoms with Gasteiger partial charge in [0.05, 0.1) is 18.4 Å². The fourth-order valence-electron chi connectivity index (χ4n) is 2.65. The minimum Gasteiger partial charge on any atom is -0.376 e. The van der Waals surface area contributed by atoms with E-state index in [-0.39, 0.29) is 18.6 Å². The molecule has 1 N–H and O–H groups in total. The van der Waals surface area contributed by atoms with E-state index < -0.39 is 0 Å². The first-order valence-electron chi connectivity index (χ1n) is 8.62. The van der Waals surface area contributed by atoms with E-state index in [9.17, 15) is 4.79 Å². The van der Waals surface area contributed by atoms with Crippen molar-refractivity contribution >= 4 is 17.2 Å². The molecule has 1 amide bonds. The summed E-state index contributed by atoms with van der Waals surface area (Å²) >= 11 is 1.60. The van der Waals surface area contributed by atoms with E-state index in [2.05, 4.69) is 15.3 Å². The van der Waals surface area contributed by atoms with E-state index >= 15 is 0 Å². The molecule has 1 atom stereocenters. The van der Waals surface area contributed by atoms with Gasteiger partial charge in [0.2, 0.25) is 5.91 Å². The highest BCUT2D eigenvalue weighted by Gasteiger charge is 2.14. The second-order valence-corrected chi connectivity index (χ2v) is 6.84. The third kappa shape index (κ3) is 5.88. The number of pyridine rings is 1. The lowest BCUT2D eigenvalue weighted by molar-refractivity contribution is -0.127. The highest BCUT2D eigenvalue weighted by molar-refractivity contribution is 7.13. The van der Waals surface area contributed by atoms with Gasteiger partial charge < -0.3 is 14.8 Å². The Balaban J connectivity index is 1.32. The van der Waals surface area contributed by atoms with Gasteiger partial charge in [0.1, 0.15) is 11.6 Å². The number of thiazole rings is 1. The monoisotopic (exact) mass is 361 g/mol. The fourth-order valence-corrected chi connectivity index (χ4v) is 3.51. The SMILES string of the molecule is O=C(COC[C@@H]1CCCCO1)NCCc1csc(-c2ccncc2)n1. The van der Waals surface area contributed by atoms with Crippen molar-refractivity contribution in [1.29, 1.82) is 0 Å². The fraction of sp³-hybridized carbons (Fsp3) is 0.500. The zero-order chi connectivity index (χ0) is 17.3. The van der Waals surface area contributed by atoms with Crippen molar-refractivity contribution in [3.05, 3.63) is 35.6 Å². The maximum absolute atomic E-state index is 11.8. The topological polar surface area (TPSA) is 73.3 Å². The summed E-state index contributed by atoms with van der Waals surface area (Å²) in [6, 6.07) is 3.88. The smallest absolute Gasteiger partial charge is 0.246 e. The van der Waals surface area contributed by atoms with Crippen LogP contribution in [0.15, 0.2) is 29.9 Å². The van der Waals surface area contributed by atoms with Crippen LogP contribution in [0.4, 0.5) is 0 Å². The van der Waals surface area contributed by atoms with Crippen LogP contribution >= 0.6 is 11.3 Å². The number of nitrogens with zero attached hydrogens (tertiary/aromatic N) is 2. The Morgan fingerprint density at radius 3 is 3.04 bits per heavy atom. The zero-order valence-corrected chi connectivity index (χ0v) is 15.0. The summed E-state index contributed by atoms with van der Waals surface area (Å²) in [5.41, 5.74) is 2.04. The van der Waals surface area contributed by atoms with Crippen molar-refractivity contribution in [2.75, 3.05) is 26.4 Å². The van der Waals surface area contributed by atoms with Crippen molar-refractivity contribution in [3.63, 3.8) is 0 Å². The summed E-state index contributed by atoms with van der Waals surface area (Å²) in [7, 11) is 0. The molecule has 0 spiro atoms. The third-order valence-electron chi connectivity index (χ3n) is 3.99. The Labute approximate surface area is 151 Å². The molecule has 0 bridgehead atoms. The van der Waals surface area contributed by atoms with E-state index in [0.29, 0.717) is 19.6 Å². The van der Waals surface area contributed by atoms with Crippen LogP contribution in [0.3, 0.4) is 0 Å². The maximum atomic E-state index is 11.8. The minimum atomic E-state index is -0.0969. The van der Waals surface area contributed by atoms with Crippen LogP contribution in [0.25, 0.3) is 10.6 Å². The quantitative estimate of drug-likeness (QED) is 0.782. The van der Waals surface area contributed by atoms with E-state index in [1.807, 2.05) is 17.5 Å². The molecule has 0 unspecified atom stereocenters. The standard InChI is InChI=1S/C18H23N3O3S/c22-17(12-23-11-16-3-1-2-10-24-16)20-9-6-15-13-25-18(21-15)14-4-7-19-8-5-14/h4-5,7-8,13,16H,1-3,6,9-12H2,(H,20,22)/t16-/m0/s1. The van der Waals surface area contributed by atoms with Crippen LogP contribution in [-0.2, 0) is 20.7 Å². The number of aromatic nitrogens is 2. The van der Waals surface area contributed by atoms with Gasteiger partial charge in [-0.2, -0.15) is 0 Å². The van der Waals surface area contributed by atoms with Crippen LogP contribution < -0.4 is 5.32 Å². The molecule has 1 fully saturated rings. The Bertz CT molecular complexity index is 657. The average molecular weight is 361 g/mol. The molecular formula is C18H23N3O3S. The largest absolute Gasteiger partial charge is 0.376 e. The molecule has 1 saturated heterocycles. The number of rotatable bonds is 8. The van der Waals surface area contributed by atoms with E-state index in [1.165, 1.54) is 6.42 Å². The summed E-state index contributed by atoms with van der Waals surface area (Å²) in [6.45, 7) is 1.94. The number of hydrogen-bond donors (Lipinski definition) is 1. The molecule has 3 rings (SSSR count). The predicted molar refractivity (Wildman–Crippen MR) is 96.5 cm³/mol. The van der Waals surface area contributed by atoms with Gasteiger partial charge in [0, 0.05) is 42.9 Å². The molecule has 0 aromatic carbocycles. The van der Waals surface area contributed by atoms with Crippen LogP contribution in [0.5, 0.6) is 0 Å². The molecule has 2 aromatic rings. The maximum Gasteiger partial charge on any atom is 0.246 e. The number of nitrogens with one attached hydrogen (secondary N) is 1. The van der Waals surface area contributed by atoms with Gasteiger partial charge in [0.15, 0.2) is 0 Å². The van der Waals surface area contributed by atoms with Crippen molar-refractivity contribution in [2.24, 2.45) is 0 Å². The van der Waals surface area contributed by atoms with Gasteiger partial charge in [-0.3, -0.25) is 9.78 Å². The Kier molecular flexibility index (Phi) is 6.90. The van der Waals surface area contributed by atoms with E-state index in [1.54, 1.807) is 23.7 Å². The average Bonchev–Trinajstić information content (AvgIpc) is 3.12. The van der Waals surface area contributed by atoms with Crippen molar-refractivity contribution in [2.45, 2.75) is 31.8 Å². The normalized spacial score (nSPS) is 17.4. The van der Waals surface area contributed by atoms with Gasteiger partial charge in [-0.25, -0.2) is 4.98 Å². The van der Waals surface area contributed by atoms with Gasteiger partial charge in [-0.1, -0.05) is 0 Å². The molecule has 0 saturated carbocycles. The predicted octanol–water partition coefficient (Wildman–Crippen LogP) is 2.45. The number of carbonyl (C=O) groups is 1. The highest BCUT2D eigenvalue weighted by atomic mass is 32.1. The van der Waals surface area contributed by atoms with E-state index in [4.69, 9.17) is 9.47 Å². The van der Waals surface area contributed by atoms with Crippen LogP contribution in [0, 0.1) is 0 Å². The van der Waals surface area contributed by atoms with Gasteiger partial charge in [-0.05, 0) is 31.4 Å². The van der Waals surface area contributed by atoms with Crippen LogP contribution in [0.2, 0.25) is 0 Å². The molecule has 134 valence electrons. The summed E-state index contributed by atoms with van der Waals surface area (Å²) < 4.78 is 11.0. The molecule has 1 aliphatic rings. The van der Waals surface area contributed by atoms with Crippen molar-refractivity contribution in [3.8, 4) is 10.6 Å².